The van der Waals surface area contributed by atoms with Gasteiger partial charge in [0.15, 0.2) is 0 Å². The van der Waals surface area contributed by atoms with Crippen molar-refractivity contribution >= 4 is 33.4 Å². The van der Waals surface area contributed by atoms with Crippen LogP contribution in [0.3, 0.4) is 0 Å². The molecule has 0 aliphatic rings. The molecule has 0 saturated heterocycles. The molecule has 0 radical (unpaired) electrons. The van der Waals surface area contributed by atoms with Crippen molar-refractivity contribution in [2.45, 2.75) is 6.54 Å². The number of methoxy groups -OCH3 is 2. The molecule has 2 aromatic rings. The maximum atomic E-state index is 12.5. The molecule has 0 heterocycles. The van der Waals surface area contributed by atoms with Crippen LogP contribution >= 0.6 is 15.9 Å². The first-order chi connectivity index (χ1) is 12.1. The maximum absolute atomic E-state index is 12.5. The number of para-hydroxylation sites is 1. The minimum atomic E-state index is -0.289. The lowest BCUT2D eigenvalue weighted by atomic mass is 10.1. The predicted octanol–water partition coefficient (Wildman–Crippen LogP) is 2.97. The van der Waals surface area contributed by atoms with Crippen LogP contribution in [0, 0.1) is 0 Å². The molecule has 2 N–H and O–H groups in total. The normalized spacial score (nSPS) is 10.0. The molecule has 0 fully saturated rings. The number of nitrogens with one attached hydrogen (secondary N) is 2. The van der Waals surface area contributed by atoms with E-state index in [2.05, 4.69) is 26.6 Å². The van der Waals surface area contributed by atoms with Gasteiger partial charge >= 0.3 is 0 Å². The summed E-state index contributed by atoms with van der Waals surface area (Å²) in [6.45, 7) is 0.284. The van der Waals surface area contributed by atoms with Gasteiger partial charge < -0.3 is 20.1 Å². The summed E-state index contributed by atoms with van der Waals surface area (Å²) in [7, 11) is 3.14. The molecule has 25 heavy (non-hydrogen) atoms. The minimum absolute atomic E-state index is 0.159. The number of carbonyl (C=O) groups excluding carboxylic acids is 2. The summed E-state index contributed by atoms with van der Waals surface area (Å²) in [4.78, 5) is 24.1. The molecule has 0 aromatic heterocycles. The zero-order chi connectivity index (χ0) is 18.2. The van der Waals surface area contributed by atoms with E-state index in [1.807, 2.05) is 6.07 Å². The highest BCUT2D eigenvalue weighted by atomic mass is 79.9. The Balaban J connectivity index is 2.12. The zero-order valence-corrected chi connectivity index (χ0v) is 15.6. The molecule has 0 atom stereocenters. The summed E-state index contributed by atoms with van der Waals surface area (Å²) in [6, 6.07) is 12.2. The van der Waals surface area contributed by atoms with Gasteiger partial charge in [0, 0.05) is 18.2 Å². The average Bonchev–Trinajstić information content (AvgIpc) is 2.66. The fourth-order valence-electron chi connectivity index (χ4n) is 2.24. The molecule has 0 aliphatic carbocycles. The topological polar surface area (TPSA) is 76.7 Å². The molecule has 7 heteroatoms. The van der Waals surface area contributed by atoms with E-state index >= 15 is 0 Å². The van der Waals surface area contributed by atoms with Crippen LogP contribution in [0.1, 0.15) is 15.9 Å². The van der Waals surface area contributed by atoms with E-state index in [-0.39, 0.29) is 23.7 Å². The fraction of sp³-hybridized carbons (Fsp3) is 0.222. The van der Waals surface area contributed by atoms with Crippen molar-refractivity contribution in [2.75, 3.05) is 24.9 Å². The predicted molar refractivity (Wildman–Crippen MR) is 99.6 cm³/mol. The summed E-state index contributed by atoms with van der Waals surface area (Å²) < 4.78 is 10.5. The zero-order valence-electron chi connectivity index (χ0n) is 14.0. The Morgan fingerprint density at radius 1 is 1.08 bits per heavy atom. The maximum Gasteiger partial charge on any atom is 0.253 e. The lowest BCUT2D eigenvalue weighted by molar-refractivity contribution is -0.113. The van der Waals surface area contributed by atoms with Crippen molar-refractivity contribution in [1.29, 1.82) is 0 Å². The first-order valence-electron chi connectivity index (χ1n) is 7.53. The number of halogens is 1. The van der Waals surface area contributed by atoms with Gasteiger partial charge in [-0.15, -0.1) is 0 Å². The highest BCUT2D eigenvalue weighted by molar-refractivity contribution is 9.09. The van der Waals surface area contributed by atoms with E-state index in [1.54, 1.807) is 50.6 Å². The first kappa shape index (κ1) is 18.8. The average molecular weight is 407 g/mol. The molecule has 0 aliphatic heterocycles. The van der Waals surface area contributed by atoms with E-state index in [0.717, 1.165) is 5.56 Å². The van der Waals surface area contributed by atoms with Crippen LogP contribution in [-0.2, 0) is 11.3 Å². The second kappa shape index (κ2) is 9.08. The monoisotopic (exact) mass is 406 g/mol. The third-order valence-electron chi connectivity index (χ3n) is 3.50. The molecule has 0 bridgehead atoms. The molecule has 2 amide bonds. The van der Waals surface area contributed by atoms with Gasteiger partial charge in [0.2, 0.25) is 5.91 Å². The lowest BCUT2D eigenvalue weighted by Gasteiger charge is -2.13. The van der Waals surface area contributed by atoms with Crippen LogP contribution < -0.4 is 20.1 Å². The summed E-state index contributed by atoms with van der Waals surface area (Å²) in [6.07, 6.45) is 0. The van der Waals surface area contributed by atoms with Crippen LogP contribution in [0.2, 0.25) is 0 Å². The summed E-state index contributed by atoms with van der Waals surface area (Å²) >= 11 is 3.09. The number of alkyl halides is 1. The van der Waals surface area contributed by atoms with Crippen molar-refractivity contribution in [3.8, 4) is 11.5 Å². The fourth-order valence-corrected chi connectivity index (χ4v) is 2.38. The highest BCUT2D eigenvalue weighted by Gasteiger charge is 2.13. The van der Waals surface area contributed by atoms with Crippen molar-refractivity contribution < 1.29 is 19.1 Å². The molecule has 0 saturated carbocycles. The van der Waals surface area contributed by atoms with E-state index in [1.165, 1.54) is 0 Å². The molecule has 0 spiro atoms. The van der Waals surface area contributed by atoms with Gasteiger partial charge in [-0.2, -0.15) is 0 Å². The smallest absolute Gasteiger partial charge is 0.253 e. The van der Waals surface area contributed by atoms with Crippen molar-refractivity contribution in [3.05, 3.63) is 53.6 Å². The lowest BCUT2D eigenvalue weighted by Crippen LogP contribution is -2.25. The van der Waals surface area contributed by atoms with Gasteiger partial charge in [0.05, 0.1) is 30.8 Å². The summed E-state index contributed by atoms with van der Waals surface area (Å²) in [5.41, 5.74) is 1.68. The number of ether oxygens (including phenoxy) is 2. The van der Waals surface area contributed by atoms with Gasteiger partial charge in [-0.3, -0.25) is 9.59 Å². The number of amides is 2. The van der Waals surface area contributed by atoms with Crippen LogP contribution in [-0.4, -0.2) is 31.4 Å². The van der Waals surface area contributed by atoms with Crippen molar-refractivity contribution in [1.82, 2.24) is 5.32 Å². The molecule has 2 aromatic carbocycles. The van der Waals surface area contributed by atoms with Crippen LogP contribution in [0.15, 0.2) is 42.5 Å². The van der Waals surface area contributed by atoms with Crippen molar-refractivity contribution in [2.24, 2.45) is 0 Å². The van der Waals surface area contributed by atoms with Crippen LogP contribution in [0.25, 0.3) is 0 Å². The van der Waals surface area contributed by atoms with Gasteiger partial charge in [-0.1, -0.05) is 28.1 Å². The number of benzene rings is 2. The van der Waals surface area contributed by atoms with Gasteiger partial charge in [0.1, 0.15) is 11.5 Å². The third kappa shape index (κ3) is 4.96. The van der Waals surface area contributed by atoms with Crippen LogP contribution in [0.4, 0.5) is 5.69 Å². The Kier molecular flexibility index (Phi) is 6.82. The Morgan fingerprint density at radius 2 is 1.84 bits per heavy atom. The van der Waals surface area contributed by atoms with Crippen molar-refractivity contribution in [3.63, 3.8) is 0 Å². The molecular weight excluding hydrogens is 388 g/mol. The second-order valence-corrected chi connectivity index (χ2v) is 5.65. The van der Waals surface area contributed by atoms with Gasteiger partial charge in [0.25, 0.3) is 5.91 Å². The van der Waals surface area contributed by atoms with E-state index in [0.29, 0.717) is 22.7 Å². The molecular formula is C18H19BrN2O4. The quantitative estimate of drug-likeness (QED) is 0.692. The third-order valence-corrected chi connectivity index (χ3v) is 4.01. The van der Waals surface area contributed by atoms with Crippen LogP contribution in [0.5, 0.6) is 11.5 Å². The SMILES string of the molecule is COc1ccc(CNC(=O)c2ccccc2NC(=O)CBr)c(OC)c1. The summed E-state index contributed by atoms with van der Waals surface area (Å²) in [5, 5.41) is 5.68. The Labute approximate surface area is 154 Å². The van der Waals surface area contributed by atoms with Gasteiger partial charge in [-0.25, -0.2) is 0 Å². The first-order valence-corrected chi connectivity index (χ1v) is 8.65. The number of hydrogen-bond donors (Lipinski definition) is 2. The molecule has 2 rings (SSSR count). The Bertz CT molecular complexity index is 764. The Morgan fingerprint density at radius 3 is 2.52 bits per heavy atom. The molecule has 0 unspecified atom stereocenters. The van der Waals surface area contributed by atoms with E-state index in [4.69, 9.17) is 9.47 Å². The minimum Gasteiger partial charge on any atom is -0.497 e. The Hall–Kier alpha value is -2.54. The number of rotatable bonds is 7. The molecule has 6 nitrogen and oxygen atoms in total. The summed E-state index contributed by atoms with van der Waals surface area (Å²) in [5.74, 6) is 0.788. The second-order valence-electron chi connectivity index (χ2n) is 5.09. The van der Waals surface area contributed by atoms with Gasteiger partial charge in [-0.05, 0) is 24.3 Å². The molecule has 132 valence electrons. The number of carbonyl (C=O) groups is 2. The highest BCUT2D eigenvalue weighted by Crippen LogP contribution is 2.24. The number of anilines is 1. The number of hydrogen-bond acceptors (Lipinski definition) is 4. The standard InChI is InChI=1S/C18H19BrN2O4/c1-24-13-8-7-12(16(9-13)25-2)11-20-18(23)14-5-3-4-6-15(14)21-17(22)10-19/h3-9H,10-11H2,1-2H3,(H,20,23)(H,21,22). The van der Waals surface area contributed by atoms with E-state index < -0.39 is 0 Å². The largest absolute Gasteiger partial charge is 0.497 e. The van der Waals surface area contributed by atoms with E-state index in [9.17, 15) is 9.59 Å².